The highest BCUT2D eigenvalue weighted by Crippen LogP contribution is 2.34. The molecule has 6 rings (SSSR count). The summed E-state index contributed by atoms with van der Waals surface area (Å²) < 4.78 is 11.1. The Balaban J connectivity index is 1.44. The lowest BCUT2D eigenvalue weighted by molar-refractivity contribution is 0.0735. The monoisotopic (exact) mass is 506 g/mol. The zero-order chi connectivity index (χ0) is 25.4. The quantitative estimate of drug-likeness (QED) is 0.245. The molecule has 0 saturated carbocycles. The topological polar surface area (TPSA) is 51.7 Å². The van der Waals surface area contributed by atoms with Crippen LogP contribution in [0.4, 0.5) is 0 Å². The fourth-order valence-corrected chi connectivity index (χ4v) is 5.40. The number of thiophene rings is 1. The van der Waals surface area contributed by atoms with Crippen molar-refractivity contribution < 1.29 is 14.3 Å². The van der Waals surface area contributed by atoms with Crippen molar-refractivity contribution in [3.8, 4) is 22.8 Å². The van der Waals surface area contributed by atoms with Crippen molar-refractivity contribution in [2.24, 2.45) is 0 Å². The molecule has 0 radical (unpaired) electrons. The zero-order valence-corrected chi connectivity index (χ0v) is 21.5. The van der Waals surface area contributed by atoms with Gasteiger partial charge in [0.15, 0.2) is 11.5 Å². The molecule has 0 atom stereocenters. The SMILES string of the molecule is Cc1cccc(-c2nc3cc(C)ccc3cc2CN(Cc2ccc3c(c2)OCO3)C(=O)c2cccs2)c1. The molecule has 3 aromatic carbocycles. The van der Waals surface area contributed by atoms with Crippen LogP contribution in [0.2, 0.25) is 0 Å². The standard InChI is InChI=1S/C31H26N2O3S/c1-20-5-3-6-24(13-20)30-25(16-23-10-8-21(2)14-26(23)32-30)18-33(31(34)29-7-4-12-37-29)17-22-9-11-27-28(15-22)36-19-35-27/h3-16H,17-19H2,1-2H3. The summed E-state index contributed by atoms with van der Waals surface area (Å²) in [7, 11) is 0. The molecule has 0 bridgehead atoms. The van der Waals surface area contributed by atoms with Gasteiger partial charge in [0.2, 0.25) is 6.79 Å². The fourth-order valence-electron chi connectivity index (χ4n) is 4.70. The van der Waals surface area contributed by atoms with Crippen molar-refractivity contribution in [2.45, 2.75) is 26.9 Å². The van der Waals surface area contributed by atoms with Gasteiger partial charge >= 0.3 is 0 Å². The molecule has 1 aliphatic rings. The van der Waals surface area contributed by atoms with Crippen LogP contribution in [0.25, 0.3) is 22.2 Å². The highest BCUT2D eigenvalue weighted by molar-refractivity contribution is 7.12. The number of amides is 1. The van der Waals surface area contributed by atoms with Gasteiger partial charge in [-0.15, -0.1) is 11.3 Å². The van der Waals surface area contributed by atoms with Gasteiger partial charge in [-0.2, -0.15) is 0 Å². The first-order valence-corrected chi connectivity index (χ1v) is 13.1. The third-order valence-corrected chi connectivity index (χ3v) is 7.39. The number of benzene rings is 3. The van der Waals surface area contributed by atoms with Crippen molar-refractivity contribution in [3.05, 3.63) is 111 Å². The molecule has 0 N–H and O–H groups in total. The summed E-state index contributed by atoms with van der Waals surface area (Å²) in [6.07, 6.45) is 0. The number of carbonyl (C=O) groups is 1. The van der Waals surface area contributed by atoms with E-state index in [9.17, 15) is 4.79 Å². The molecule has 5 nitrogen and oxygen atoms in total. The second-order valence-electron chi connectivity index (χ2n) is 9.39. The smallest absolute Gasteiger partial charge is 0.264 e. The first-order valence-electron chi connectivity index (χ1n) is 12.2. The van der Waals surface area contributed by atoms with Gasteiger partial charge < -0.3 is 14.4 Å². The van der Waals surface area contributed by atoms with Crippen LogP contribution in [0, 0.1) is 13.8 Å². The number of ether oxygens (including phenoxy) is 2. The summed E-state index contributed by atoms with van der Waals surface area (Å²) >= 11 is 1.46. The Bertz CT molecular complexity index is 1610. The van der Waals surface area contributed by atoms with Gasteiger partial charge in [-0.05, 0) is 72.3 Å². The van der Waals surface area contributed by atoms with Crippen molar-refractivity contribution >= 4 is 28.1 Å². The first kappa shape index (κ1) is 23.3. The molecule has 0 saturated heterocycles. The van der Waals surface area contributed by atoms with Crippen molar-refractivity contribution in [1.29, 1.82) is 0 Å². The average molecular weight is 507 g/mol. The first-order chi connectivity index (χ1) is 18.0. The highest BCUT2D eigenvalue weighted by Gasteiger charge is 2.22. The summed E-state index contributed by atoms with van der Waals surface area (Å²) in [5.41, 5.74) is 7.22. The van der Waals surface area contributed by atoms with Crippen molar-refractivity contribution in [3.63, 3.8) is 0 Å². The lowest BCUT2D eigenvalue weighted by Gasteiger charge is -2.24. The molecule has 6 heteroatoms. The molecular weight excluding hydrogens is 480 g/mol. The number of hydrogen-bond acceptors (Lipinski definition) is 5. The average Bonchev–Trinajstić information content (AvgIpc) is 3.60. The predicted molar refractivity (Wildman–Crippen MR) is 147 cm³/mol. The number of aryl methyl sites for hydroxylation is 2. The number of fused-ring (bicyclic) bond motifs is 2. The Labute approximate surface area is 219 Å². The highest BCUT2D eigenvalue weighted by atomic mass is 32.1. The van der Waals surface area contributed by atoms with Crippen LogP contribution in [-0.4, -0.2) is 22.6 Å². The normalized spacial score (nSPS) is 12.2. The number of pyridine rings is 1. The van der Waals surface area contributed by atoms with E-state index in [0.29, 0.717) is 23.7 Å². The van der Waals surface area contributed by atoms with Gasteiger partial charge in [-0.1, -0.05) is 48.0 Å². The Morgan fingerprint density at radius 1 is 0.892 bits per heavy atom. The third-order valence-electron chi connectivity index (χ3n) is 6.53. The van der Waals surface area contributed by atoms with E-state index in [1.54, 1.807) is 0 Å². The lowest BCUT2D eigenvalue weighted by atomic mass is 10.0. The number of rotatable bonds is 6. The van der Waals surface area contributed by atoms with Crippen LogP contribution in [-0.2, 0) is 13.1 Å². The summed E-state index contributed by atoms with van der Waals surface area (Å²) in [5.74, 6) is 1.44. The van der Waals surface area contributed by atoms with Gasteiger partial charge in [-0.25, -0.2) is 4.98 Å². The van der Waals surface area contributed by atoms with Crippen LogP contribution in [0.1, 0.15) is 31.9 Å². The number of aromatic nitrogens is 1. The molecule has 5 aromatic rings. The van der Waals surface area contributed by atoms with E-state index in [-0.39, 0.29) is 12.7 Å². The number of nitrogens with zero attached hydrogens (tertiary/aromatic N) is 2. The molecule has 0 aliphatic carbocycles. The molecule has 3 heterocycles. The molecule has 37 heavy (non-hydrogen) atoms. The lowest BCUT2D eigenvalue weighted by Crippen LogP contribution is -2.30. The molecule has 0 fully saturated rings. The number of carbonyl (C=O) groups excluding carboxylic acids is 1. The Morgan fingerprint density at radius 2 is 1.76 bits per heavy atom. The van der Waals surface area contributed by atoms with Gasteiger partial charge in [0.25, 0.3) is 5.91 Å². The molecule has 1 amide bonds. The maximum Gasteiger partial charge on any atom is 0.264 e. The molecular formula is C31H26N2O3S. The van der Waals surface area contributed by atoms with Gasteiger partial charge in [0.05, 0.1) is 16.1 Å². The minimum absolute atomic E-state index is 0.00754. The zero-order valence-electron chi connectivity index (χ0n) is 20.7. The van der Waals surface area contributed by atoms with E-state index < -0.39 is 0 Å². The predicted octanol–water partition coefficient (Wildman–Crippen LogP) is 7.15. The minimum atomic E-state index is -0.00754. The van der Waals surface area contributed by atoms with E-state index >= 15 is 0 Å². The maximum absolute atomic E-state index is 13.7. The summed E-state index contributed by atoms with van der Waals surface area (Å²) in [6.45, 7) is 5.24. The van der Waals surface area contributed by atoms with Crippen molar-refractivity contribution in [2.75, 3.05) is 6.79 Å². The Hall–Kier alpha value is -4.16. The van der Waals surface area contributed by atoms with Crippen molar-refractivity contribution in [1.82, 2.24) is 9.88 Å². The number of hydrogen-bond donors (Lipinski definition) is 0. The summed E-state index contributed by atoms with van der Waals surface area (Å²) in [6, 6.07) is 26.5. The van der Waals surface area contributed by atoms with Crippen LogP contribution < -0.4 is 9.47 Å². The third kappa shape index (κ3) is 4.80. The molecule has 2 aromatic heterocycles. The largest absolute Gasteiger partial charge is 0.454 e. The van der Waals surface area contributed by atoms with Crippen LogP contribution in [0.3, 0.4) is 0 Å². The summed E-state index contributed by atoms with van der Waals surface area (Å²) in [5, 5.41) is 2.99. The Kier molecular flexibility index (Phi) is 6.10. The molecule has 184 valence electrons. The Morgan fingerprint density at radius 3 is 2.59 bits per heavy atom. The van der Waals surface area contributed by atoms with E-state index in [2.05, 4.69) is 62.4 Å². The van der Waals surface area contributed by atoms with E-state index in [1.807, 2.05) is 40.6 Å². The van der Waals surface area contributed by atoms with Gasteiger partial charge in [-0.3, -0.25) is 4.79 Å². The van der Waals surface area contributed by atoms with Crippen LogP contribution in [0.5, 0.6) is 11.5 Å². The second-order valence-corrected chi connectivity index (χ2v) is 10.3. The van der Waals surface area contributed by atoms with E-state index in [0.717, 1.165) is 39.0 Å². The van der Waals surface area contributed by atoms with Gasteiger partial charge in [0, 0.05) is 24.0 Å². The van der Waals surface area contributed by atoms with E-state index in [1.165, 1.54) is 22.5 Å². The minimum Gasteiger partial charge on any atom is -0.454 e. The molecule has 0 unspecified atom stereocenters. The summed E-state index contributed by atoms with van der Waals surface area (Å²) in [4.78, 5) is 21.4. The fraction of sp³-hybridized carbons (Fsp3) is 0.161. The molecule has 0 spiro atoms. The van der Waals surface area contributed by atoms with E-state index in [4.69, 9.17) is 14.5 Å². The maximum atomic E-state index is 13.7. The van der Waals surface area contributed by atoms with Gasteiger partial charge in [0.1, 0.15) is 0 Å². The second kappa shape index (κ2) is 9.71. The molecule has 1 aliphatic heterocycles. The van der Waals surface area contributed by atoms with Crippen LogP contribution in [0.15, 0.2) is 84.2 Å². The van der Waals surface area contributed by atoms with Crippen LogP contribution >= 0.6 is 11.3 Å².